The summed E-state index contributed by atoms with van der Waals surface area (Å²) in [5.41, 5.74) is 1.62. The maximum atomic E-state index is 15.0. The fourth-order valence-electron chi connectivity index (χ4n) is 2.62. The minimum absolute atomic E-state index is 0.194. The molecule has 5 atom stereocenters. The number of hydrogen-bond acceptors (Lipinski definition) is 8. The Morgan fingerprint density at radius 3 is 2.92 bits per heavy atom. The van der Waals surface area contributed by atoms with Gasteiger partial charge in [0, 0.05) is 4.57 Å². The number of nitrogens with zero attached hydrogens (tertiary/aromatic N) is 3. The number of aromatic amines is 1. The first-order chi connectivity index (χ1) is 11.6. The fourth-order valence-corrected chi connectivity index (χ4v) is 2.91. The maximum absolute atomic E-state index is 15.0. The average molecular weight is 380 g/mol. The summed E-state index contributed by atoms with van der Waals surface area (Å²) >= 11 is 0. The van der Waals surface area contributed by atoms with Gasteiger partial charge in [-0.15, -0.1) is 9.42 Å². The molecule has 1 aliphatic rings. The predicted molar refractivity (Wildman–Crippen MR) is 77.8 cm³/mol. The van der Waals surface area contributed by atoms with Gasteiger partial charge in [0.2, 0.25) is 5.95 Å². The molecule has 1 fully saturated rings. The number of aliphatic hydroxyl groups excluding tert-OH is 1. The third-order valence-corrected chi connectivity index (χ3v) is 4.16. The van der Waals surface area contributed by atoms with Gasteiger partial charge in [-0.2, -0.15) is 4.98 Å². The zero-order valence-corrected chi connectivity index (χ0v) is 13.5. The van der Waals surface area contributed by atoms with Crippen molar-refractivity contribution in [2.45, 2.75) is 30.8 Å². The van der Waals surface area contributed by atoms with Gasteiger partial charge in [0.05, 0.1) is 6.33 Å². The molecule has 1 unspecified atom stereocenters. The summed E-state index contributed by atoms with van der Waals surface area (Å²) in [6.45, 7) is -0.344. The van der Waals surface area contributed by atoms with E-state index in [0.717, 1.165) is 17.8 Å². The van der Waals surface area contributed by atoms with Crippen molar-refractivity contribution in [3.63, 3.8) is 0 Å². The molecule has 136 valence electrons. The molecule has 0 saturated carbocycles. The van der Waals surface area contributed by atoms with E-state index in [9.17, 15) is 23.2 Å². The number of aliphatic hydroxyl groups is 1. The largest absolute Gasteiger partial charge is 0.694 e. The number of hydrogen-bond donors (Lipinski definition) is 4. The van der Waals surface area contributed by atoms with E-state index >= 15 is 0 Å². The van der Waals surface area contributed by atoms with Crippen LogP contribution in [0.4, 0.5) is 14.7 Å². The van der Waals surface area contributed by atoms with E-state index in [2.05, 4.69) is 19.5 Å². The molecule has 3 heterocycles. The van der Waals surface area contributed by atoms with E-state index in [1.807, 2.05) is 0 Å². The number of alkyl halides is 2. The summed E-state index contributed by atoms with van der Waals surface area (Å²) in [6, 6.07) is 0. The number of imidazole rings is 1. The van der Waals surface area contributed by atoms with E-state index in [-0.39, 0.29) is 17.1 Å². The molecule has 1 aliphatic heterocycles. The molecule has 14 heteroatoms. The Hall–Kier alpha value is -2.05. The number of nitrogens with one attached hydrogen (secondary N) is 1. The van der Waals surface area contributed by atoms with Crippen LogP contribution in [-0.2, 0) is 13.8 Å². The van der Waals surface area contributed by atoms with Crippen LogP contribution in [0.1, 0.15) is 13.2 Å². The summed E-state index contributed by atoms with van der Waals surface area (Å²) in [7, 11) is -3.19. The molecule has 2 aromatic heterocycles. The molecule has 3 rings (SSSR count). The first-order valence-corrected chi connectivity index (χ1v) is 7.94. The van der Waals surface area contributed by atoms with Crippen molar-refractivity contribution >= 4 is 25.4 Å². The zero-order valence-electron chi connectivity index (χ0n) is 12.6. The van der Waals surface area contributed by atoms with Crippen molar-refractivity contribution < 1.29 is 32.6 Å². The lowest BCUT2D eigenvalue weighted by Gasteiger charge is -2.24. The number of anilines is 1. The van der Waals surface area contributed by atoms with Crippen LogP contribution in [0.15, 0.2) is 11.1 Å². The normalized spacial score (nSPS) is 33.1. The van der Waals surface area contributed by atoms with Crippen molar-refractivity contribution in [1.82, 2.24) is 19.5 Å². The Morgan fingerprint density at radius 2 is 2.28 bits per heavy atom. The second kappa shape index (κ2) is 5.75. The molecule has 5 N–H and O–H groups in total. The van der Waals surface area contributed by atoms with Gasteiger partial charge in [0.1, 0.15) is 0 Å². The number of nitrogens with two attached hydrogens (primary N) is 1. The van der Waals surface area contributed by atoms with Crippen LogP contribution >= 0.6 is 8.25 Å². The molecule has 11 nitrogen and oxygen atoms in total. The Morgan fingerprint density at radius 1 is 1.60 bits per heavy atom. The van der Waals surface area contributed by atoms with Crippen LogP contribution in [0.3, 0.4) is 0 Å². The van der Waals surface area contributed by atoms with Gasteiger partial charge in [0.15, 0.2) is 35.8 Å². The van der Waals surface area contributed by atoms with Crippen LogP contribution in [0, 0.1) is 0 Å². The van der Waals surface area contributed by atoms with Crippen LogP contribution in [0.5, 0.6) is 0 Å². The second-order valence-corrected chi connectivity index (χ2v) is 6.33. The number of halogens is 2. The number of ether oxygens (including phenoxy) is 1. The van der Waals surface area contributed by atoms with E-state index in [4.69, 9.17) is 15.4 Å². The summed E-state index contributed by atoms with van der Waals surface area (Å²) in [5, 5.41) is 9.96. The Labute approximate surface area is 138 Å². The molecule has 25 heavy (non-hydrogen) atoms. The van der Waals surface area contributed by atoms with Crippen molar-refractivity contribution in [3.05, 3.63) is 16.7 Å². The van der Waals surface area contributed by atoms with Crippen LogP contribution < -0.4 is 11.3 Å². The maximum Gasteiger partial charge on any atom is 0.694 e. The van der Waals surface area contributed by atoms with E-state index in [1.165, 1.54) is 0 Å². The van der Waals surface area contributed by atoms with Gasteiger partial charge in [-0.05, 0) is 6.92 Å². The molecule has 0 amide bonds. The highest BCUT2D eigenvalue weighted by atomic mass is 31.1. The number of fused-ring (bicyclic) bond motifs is 1. The lowest BCUT2D eigenvalue weighted by atomic mass is 9.97. The molecular formula is C11H13F2N5O6P+. The van der Waals surface area contributed by atoms with Crippen LogP contribution in [0.2, 0.25) is 0 Å². The third-order valence-electron chi connectivity index (χ3n) is 3.81. The van der Waals surface area contributed by atoms with E-state index in [0.29, 0.717) is 0 Å². The lowest BCUT2D eigenvalue weighted by Crippen LogP contribution is -2.46. The monoisotopic (exact) mass is 380 g/mol. The molecule has 0 radical (unpaired) electrons. The van der Waals surface area contributed by atoms with Gasteiger partial charge in [0.25, 0.3) is 11.4 Å². The highest BCUT2D eigenvalue weighted by Crippen LogP contribution is 2.48. The van der Waals surface area contributed by atoms with Gasteiger partial charge in [-0.1, -0.05) is 0 Å². The van der Waals surface area contributed by atoms with Crippen molar-refractivity contribution in [2.24, 2.45) is 0 Å². The molecule has 1 saturated heterocycles. The SMILES string of the molecule is C[C@]1(F)[C@H](n2cnc3c(=O)[nH]c(N)nc32)O[C@](F)(CO[P+](=O)O)[C@H]1O. The summed E-state index contributed by atoms with van der Waals surface area (Å²) in [5.74, 6) is -3.41. The first kappa shape index (κ1) is 17.8. The number of aromatic nitrogens is 4. The minimum Gasteiger partial charge on any atom is -0.383 e. The van der Waals surface area contributed by atoms with Gasteiger partial charge >= 0.3 is 8.25 Å². The average Bonchev–Trinajstić information content (AvgIpc) is 2.99. The summed E-state index contributed by atoms with van der Waals surface area (Å²) in [4.78, 5) is 30.1. The highest BCUT2D eigenvalue weighted by molar-refractivity contribution is 7.32. The third kappa shape index (κ3) is 2.79. The topological polar surface area (TPSA) is 166 Å². The van der Waals surface area contributed by atoms with Crippen molar-refractivity contribution in [3.8, 4) is 0 Å². The highest BCUT2D eigenvalue weighted by Gasteiger charge is 2.65. The minimum atomic E-state index is -3.19. The molecule has 0 aromatic carbocycles. The molecular weight excluding hydrogens is 367 g/mol. The molecule has 0 aliphatic carbocycles. The number of nitrogen functional groups attached to an aromatic ring is 1. The van der Waals surface area contributed by atoms with Gasteiger partial charge < -0.3 is 15.6 Å². The van der Waals surface area contributed by atoms with Crippen LogP contribution in [-0.4, -0.2) is 53.8 Å². The number of rotatable bonds is 4. The Balaban J connectivity index is 2.06. The standard InChI is InChI=1S/C11H12F2N5O6P/c1-10(12)7(20)11(13,2-23-25(21)22)24-8(10)18-3-15-4-5(18)16-9(14)17-6(4)19/h3,7-8,20H,2H2,1H3,(H3-,14,16,17,19,21,22)/p+1/t7-,8+,10+,11+/m0/s1. The molecule has 2 aromatic rings. The van der Waals surface area contributed by atoms with Crippen molar-refractivity contribution in [1.29, 1.82) is 0 Å². The quantitative estimate of drug-likeness (QED) is 0.519. The Bertz CT molecular complexity index is 903. The number of H-pyrrole nitrogens is 1. The summed E-state index contributed by atoms with van der Waals surface area (Å²) < 4.78 is 50.3. The second-order valence-electron chi connectivity index (χ2n) is 5.60. The zero-order chi connectivity index (χ0) is 18.6. The molecule has 0 bridgehead atoms. The van der Waals surface area contributed by atoms with E-state index in [1.54, 1.807) is 0 Å². The van der Waals surface area contributed by atoms with E-state index < -0.39 is 44.3 Å². The first-order valence-electron chi connectivity index (χ1n) is 6.81. The predicted octanol–water partition coefficient (Wildman–Crippen LogP) is -0.348. The lowest BCUT2D eigenvalue weighted by molar-refractivity contribution is -0.202. The van der Waals surface area contributed by atoms with Gasteiger partial charge in [-0.3, -0.25) is 14.3 Å². The molecule has 0 spiro atoms. The smallest absolute Gasteiger partial charge is 0.383 e. The fraction of sp³-hybridized carbons (Fsp3) is 0.545. The van der Waals surface area contributed by atoms with Gasteiger partial charge in [-0.25, -0.2) is 13.8 Å². The van der Waals surface area contributed by atoms with Crippen LogP contribution in [0.25, 0.3) is 11.2 Å². The van der Waals surface area contributed by atoms with Crippen molar-refractivity contribution in [2.75, 3.05) is 12.3 Å². The Kier molecular flexibility index (Phi) is 4.08. The summed E-state index contributed by atoms with van der Waals surface area (Å²) in [6.07, 6.45) is -3.19.